The minimum absolute atomic E-state index is 0.0123. The molecule has 0 aromatic heterocycles. The molecular formula is C21H32O3. The van der Waals surface area contributed by atoms with Crippen molar-refractivity contribution in [1.82, 2.24) is 0 Å². The van der Waals surface area contributed by atoms with Crippen molar-refractivity contribution < 1.29 is 14.3 Å². The maximum absolute atomic E-state index is 12.5. The van der Waals surface area contributed by atoms with Gasteiger partial charge in [-0.1, -0.05) is 25.5 Å². The van der Waals surface area contributed by atoms with Crippen molar-refractivity contribution in [3.8, 4) is 0 Å². The van der Waals surface area contributed by atoms with Crippen LogP contribution >= 0.6 is 0 Å². The summed E-state index contributed by atoms with van der Waals surface area (Å²) in [5.41, 5.74) is 1.95. The Morgan fingerprint density at radius 3 is 2.67 bits per heavy atom. The minimum atomic E-state index is -0.0123. The van der Waals surface area contributed by atoms with E-state index in [1.807, 2.05) is 0 Å². The Labute approximate surface area is 146 Å². The van der Waals surface area contributed by atoms with E-state index < -0.39 is 0 Å². The van der Waals surface area contributed by atoms with Crippen LogP contribution in [0.25, 0.3) is 0 Å². The van der Waals surface area contributed by atoms with Gasteiger partial charge in [0.25, 0.3) is 0 Å². The predicted molar refractivity (Wildman–Crippen MR) is 93.5 cm³/mol. The van der Waals surface area contributed by atoms with E-state index in [1.165, 1.54) is 19.3 Å². The van der Waals surface area contributed by atoms with Gasteiger partial charge in [0.15, 0.2) is 0 Å². The zero-order valence-corrected chi connectivity index (χ0v) is 15.5. The van der Waals surface area contributed by atoms with E-state index in [4.69, 9.17) is 9.47 Å². The number of ketones is 1. The Hall–Kier alpha value is -0.670. The summed E-state index contributed by atoms with van der Waals surface area (Å²) in [6.45, 7) is 5.17. The molecule has 3 saturated carbocycles. The molecule has 6 atom stereocenters. The zero-order valence-electron chi connectivity index (χ0n) is 15.5. The van der Waals surface area contributed by atoms with Crippen LogP contribution in [0.15, 0.2) is 11.6 Å². The van der Waals surface area contributed by atoms with E-state index in [0.717, 1.165) is 43.9 Å². The number of carbonyl (C=O) groups excluding carboxylic acids is 1. The highest BCUT2D eigenvalue weighted by Gasteiger charge is 2.58. The molecule has 3 fully saturated rings. The Morgan fingerprint density at radius 1 is 1.12 bits per heavy atom. The molecule has 3 nitrogen and oxygen atoms in total. The third kappa shape index (κ3) is 2.34. The van der Waals surface area contributed by atoms with Crippen molar-refractivity contribution in [3.63, 3.8) is 0 Å². The summed E-state index contributed by atoms with van der Waals surface area (Å²) < 4.78 is 10.9. The summed E-state index contributed by atoms with van der Waals surface area (Å²) in [6, 6.07) is 0. The van der Waals surface area contributed by atoms with Gasteiger partial charge in [-0.2, -0.15) is 0 Å². The van der Waals surface area contributed by atoms with Gasteiger partial charge in [-0.05, 0) is 68.1 Å². The van der Waals surface area contributed by atoms with Gasteiger partial charge in [0, 0.05) is 18.9 Å². The quantitative estimate of drug-likeness (QED) is 0.563. The zero-order chi connectivity index (χ0) is 16.9. The normalized spacial score (nSPS) is 47.6. The molecule has 24 heavy (non-hydrogen) atoms. The molecule has 4 aliphatic carbocycles. The van der Waals surface area contributed by atoms with Gasteiger partial charge in [-0.3, -0.25) is 4.79 Å². The molecule has 0 spiro atoms. The van der Waals surface area contributed by atoms with Gasteiger partial charge in [0.05, 0.1) is 6.10 Å². The smallest absolute Gasteiger partial charge is 0.146 e. The second-order valence-corrected chi connectivity index (χ2v) is 9.12. The van der Waals surface area contributed by atoms with Gasteiger partial charge in [-0.25, -0.2) is 0 Å². The first-order valence-electron chi connectivity index (χ1n) is 9.82. The van der Waals surface area contributed by atoms with Crippen molar-refractivity contribution >= 4 is 5.78 Å². The molecule has 4 rings (SSSR count). The van der Waals surface area contributed by atoms with E-state index in [-0.39, 0.29) is 5.41 Å². The number of ether oxygens (including phenoxy) is 2. The SMILES string of the molecule is COCOC1CC[C@@]2(C)C(=CC[C@@H]3[C@@H]2CC[C@]2(C)C(=O)CC[C@@H]32)C1. The van der Waals surface area contributed by atoms with Crippen molar-refractivity contribution in [2.24, 2.45) is 28.6 Å². The molecule has 4 aliphatic rings. The molecule has 0 aliphatic heterocycles. The van der Waals surface area contributed by atoms with E-state index in [9.17, 15) is 4.79 Å². The van der Waals surface area contributed by atoms with Crippen molar-refractivity contribution in [1.29, 1.82) is 0 Å². The van der Waals surface area contributed by atoms with Gasteiger partial charge >= 0.3 is 0 Å². The summed E-state index contributed by atoms with van der Waals surface area (Å²) in [5.74, 6) is 2.66. The molecule has 0 bridgehead atoms. The summed E-state index contributed by atoms with van der Waals surface area (Å²) in [4.78, 5) is 12.5. The molecular weight excluding hydrogens is 300 g/mol. The lowest BCUT2D eigenvalue weighted by Crippen LogP contribution is -2.50. The Bertz CT molecular complexity index is 553. The van der Waals surface area contributed by atoms with Crippen molar-refractivity contribution in [3.05, 3.63) is 11.6 Å². The number of hydrogen-bond donors (Lipinski definition) is 0. The van der Waals surface area contributed by atoms with Gasteiger partial charge in [0.1, 0.15) is 12.6 Å². The molecule has 0 aromatic rings. The molecule has 0 radical (unpaired) electrons. The molecule has 0 amide bonds. The lowest BCUT2D eigenvalue weighted by atomic mass is 9.48. The Kier molecular flexibility index (Phi) is 4.16. The van der Waals surface area contributed by atoms with Crippen molar-refractivity contribution in [2.75, 3.05) is 13.9 Å². The fraction of sp³-hybridized carbons (Fsp3) is 0.857. The highest BCUT2D eigenvalue weighted by atomic mass is 16.7. The van der Waals surface area contributed by atoms with E-state index in [1.54, 1.807) is 12.7 Å². The van der Waals surface area contributed by atoms with Crippen LogP contribution in [0.3, 0.4) is 0 Å². The highest BCUT2D eigenvalue weighted by Crippen LogP contribution is 2.64. The third-order valence-electron chi connectivity index (χ3n) is 8.19. The first-order valence-corrected chi connectivity index (χ1v) is 9.82. The highest BCUT2D eigenvalue weighted by molar-refractivity contribution is 5.87. The van der Waals surface area contributed by atoms with Gasteiger partial charge in [-0.15, -0.1) is 0 Å². The standard InChI is InChI=1S/C21H32O3/c1-20-10-8-15(24-13-23-3)12-14(20)4-5-16-17-6-7-19(22)21(17,2)11-9-18(16)20/h4,15-18H,5-13H2,1-3H3/t15?,16-,17-,18-,20-,21-/m0/s1. The second kappa shape index (κ2) is 5.95. The number of carbonyl (C=O) groups is 1. The number of fused-ring (bicyclic) bond motifs is 5. The molecule has 0 aromatic carbocycles. The van der Waals surface area contributed by atoms with Crippen LogP contribution in [-0.4, -0.2) is 25.8 Å². The van der Waals surface area contributed by atoms with Crippen LogP contribution < -0.4 is 0 Å². The summed E-state index contributed by atoms with van der Waals surface area (Å²) >= 11 is 0. The summed E-state index contributed by atoms with van der Waals surface area (Å²) in [6.07, 6.45) is 11.8. The molecule has 3 heteroatoms. The molecule has 0 N–H and O–H groups in total. The van der Waals surface area contributed by atoms with Crippen LogP contribution in [-0.2, 0) is 14.3 Å². The fourth-order valence-corrected chi connectivity index (χ4v) is 6.71. The van der Waals surface area contributed by atoms with Crippen LogP contribution in [0, 0.1) is 28.6 Å². The second-order valence-electron chi connectivity index (χ2n) is 9.12. The topological polar surface area (TPSA) is 35.5 Å². The number of methoxy groups -OCH3 is 1. The lowest BCUT2D eigenvalue weighted by Gasteiger charge is -2.57. The molecule has 0 heterocycles. The maximum atomic E-state index is 12.5. The predicted octanol–water partition coefficient (Wildman–Crippen LogP) is 4.51. The first kappa shape index (κ1) is 16.8. The van der Waals surface area contributed by atoms with Gasteiger partial charge < -0.3 is 9.47 Å². The summed E-state index contributed by atoms with van der Waals surface area (Å²) in [7, 11) is 1.69. The average molecular weight is 332 g/mol. The number of rotatable bonds is 3. The molecule has 134 valence electrons. The van der Waals surface area contributed by atoms with E-state index in [0.29, 0.717) is 30.0 Å². The third-order valence-corrected chi connectivity index (χ3v) is 8.19. The van der Waals surface area contributed by atoms with Crippen LogP contribution in [0.4, 0.5) is 0 Å². The monoisotopic (exact) mass is 332 g/mol. The van der Waals surface area contributed by atoms with Crippen LogP contribution in [0.1, 0.15) is 65.2 Å². The number of allylic oxidation sites excluding steroid dienone is 1. The molecule has 0 saturated heterocycles. The maximum Gasteiger partial charge on any atom is 0.146 e. The van der Waals surface area contributed by atoms with Crippen molar-refractivity contribution in [2.45, 2.75) is 71.3 Å². The summed E-state index contributed by atoms with van der Waals surface area (Å²) in [5, 5.41) is 0. The number of hydrogen-bond acceptors (Lipinski definition) is 3. The van der Waals surface area contributed by atoms with E-state index >= 15 is 0 Å². The minimum Gasteiger partial charge on any atom is -0.359 e. The first-order chi connectivity index (χ1) is 11.5. The fourth-order valence-electron chi connectivity index (χ4n) is 6.71. The van der Waals surface area contributed by atoms with E-state index in [2.05, 4.69) is 19.9 Å². The Balaban J connectivity index is 1.56. The van der Waals surface area contributed by atoms with Crippen LogP contribution in [0.2, 0.25) is 0 Å². The lowest BCUT2D eigenvalue weighted by molar-refractivity contribution is -0.132. The number of Topliss-reactive ketones (excluding diaryl/α,β-unsaturated/α-hetero) is 1. The van der Waals surface area contributed by atoms with Gasteiger partial charge in [0.2, 0.25) is 0 Å². The Morgan fingerprint density at radius 2 is 1.88 bits per heavy atom. The largest absolute Gasteiger partial charge is 0.359 e. The molecule has 1 unspecified atom stereocenters. The van der Waals surface area contributed by atoms with Crippen LogP contribution in [0.5, 0.6) is 0 Å². The average Bonchev–Trinajstić information content (AvgIpc) is 2.88.